The Kier molecular flexibility index (Phi) is 4.97. The second kappa shape index (κ2) is 6.95. The summed E-state index contributed by atoms with van der Waals surface area (Å²) in [5.41, 5.74) is 11.5. The summed E-state index contributed by atoms with van der Waals surface area (Å²) in [6, 6.07) is 7.28. The minimum absolute atomic E-state index is 0.0778. The van der Waals surface area contributed by atoms with Gasteiger partial charge in [0.2, 0.25) is 11.8 Å². The maximum atomic E-state index is 12.4. The molecule has 0 bridgehead atoms. The number of benzene rings is 1. The van der Waals surface area contributed by atoms with E-state index in [9.17, 15) is 19.2 Å². The third-order valence-electron chi connectivity index (χ3n) is 3.57. The largest absolute Gasteiger partial charge is 0.367 e. The number of carbonyl (C=O) groups is 4. The Labute approximate surface area is 143 Å². The summed E-state index contributed by atoms with van der Waals surface area (Å²) in [7, 11) is 0. The lowest BCUT2D eigenvalue weighted by Crippen LogP contribution is -2.54. The van der Waals surface area contributed by atoms with Gasteiger partial charge in [-0.2, -0.15) is 5.10 Å². The Balaban J connectivity index is 2.34. The second-order valence-electron chi connectivity index (χ2n) is 5.33. The van der Waals surface area contributed by atoms with Gasteiger partial charge in [0.25, 0.3) is 11.7 Å². The molecule has 5 N–H and O–H groups in total. The number of rotatable bonds is 6. The van der Waals surface area contributed by atoms with Crippen LogP contribution in [0.4, 0.5) is 0 Å². The maximum Gasteiger partial charge on any atom is 0.293 e. The molecule has 2 aromatic rings. The van der Waals surface area contributed by atoms with Crippen LogP contribution in [0.15, 0.2) is 30.3 Å². The van der Waals surface area contributed by atoms with Gasteiger partial charge >= 0.3 is 0 Å². The van der Waals surface area contributed by atoms with Gasteiger partial charge in [-0.15, -0.1) is 0 Å². The molecule has 1 heterocycles. The van der Waals surface area contributed by atoms with Crippen LogP contribution in [0.2, 0.25) is 0 Å². The molecule has 0 fully saturated rings. The molecule has 25 heavy (non-hydrogen) atoms. The fourth-order valence-corrected chi connectivity index (χ4v) is 2.38. The van der Waals surface area contributed by atoms with Crippen molar-refractivity contribution in [2.45, 2.75) is 19.9 Å². The molecular weight excluding hydrogens is 326 g/mol. The van der Waals surface area contributed by atoms with E-state index in [4.69, 9.17) is 11.5 Å². The molecule has 0 aliphatic heterocycles. The zero-order valence-electron chi connectivity index (χ0n) is 13.6. The summed E-state index contributed by atoms with van der Waals surface area (Å²) >= 11 is 0. The van der Waals surface area contributed by atoms with Crippen LogP contribution in [0.5, 0.6) is 0 Å². The zero-order valence-corrected chi connectivity index (χ0v) is 13.6. The average Bonchev–Trinajstić information content (AvgIpc) is 2.86. The number of hydrogen-bond acceptors (Lipinski definition) is 5. The zero-order chi connectivity index (χ0) is 18.7. The lowest BCUT2D eigenvalue weighted by Gasteiger charge is -2.11. The van der Waals surface area contributed by atoms with E-state index < -0.39 is 29.5 Å². The molecule has 0 spiro atoms. The fraction of sp³-hybridized carbons (Fsp3) is 0.188. The van der Waals surface area contributed by atoms with Gasteiger partial charge in [0, 0.05) is 0 Å². The predicted octanol–water partition coefficient (Wildman–Crippen LogP) is -0.873. The van der Waals surface area contributed by atoms with Crippen molar-refractivity contribution in [3.8, 4) is 5.69 Å². The van der Waals surface area contributed by atoms with Crippen LogP contribution in [0.3, 0.4) is 0 Å². The Morgan fingerprint density at radius 2 is 1.60 bits per heavy atom. The summed E-state index contributed by atoms with van der Waals surface area (Å²) in [5.74, 6) is -4.41. The first kappa shape index (κ1) is 17.9. The van der Waals surface area contributed by atoms with Crippen LogP contribution < -0.4 is 16.8 Å². The van der Waals surface area contributed by atoms with Gasteiger partial charge in [-0.3, -0.25) is 19.2 Å². The topological polar surface area (TPSA) is 150 Å². The number of Topliss-reactive ketones (excluding diaryl/α,β-unsaturated/α-hetero) is 1. The number of ketones is 1. The normalized spacial score (nSPS) is 10.5. The van der Waals surface area contributed by atoms with Crippen LogP contribution in [-0.2, 0) is 14.4 Å². The van der Waals surface area contributed by atoms with E-state index in [1.807, 2.05) is 23.5 Å². The van der Waals surface area contributed by atoms with Gasteiger partial charge in [-0.25, -0.2) is 4.68 Å². The Bertz CT molecular complexity index is 843. The summed E-state index contributed by atoms with van der Waals surface area (Å²) in [6.45, 7) is 3.21. The first-order valence-electron chi connectivity index (χ1n) is 7.29. The molecule has 1 aromatic carbocycles. The highest BCUT2D eigenvalue weighted by Crippen LogP contribution is 2.18. The van der Waals surface area contributed by atoms with Gasteiger partial charge in [0.15, 0.2) is 6.04 Å². The van der Waals surface area contributed by atoms with E-state index in [1.54, 1.807) is 26.0 Å². The van der Waals surface area contributed by atoms with Gasteiger partial charge < -0.3 is 16.8 Å². The lowest BCUT2D eigenvalue weighted by atomic mass is 10.1. The van der Waals surface area contributed by atoms with Crippen molar-refractivity contribution < 1.29 is 19.2 Å². The molecule has 2 rings (SSSR count). The van der Waals surface area contributed by atoms with Crippen molar-refractivity contribution in [3.63, 3.8) is 0 Å². The van der Waals surface area contributed by atoms with Crippen molar-refractivity contribution in [3.05, 3.63) is 47.3 Å². The maximum absolute atomic E-state index is 12.4. The predicted molar refractivity (Wildman–Crippen MR) is 87.7 cm³/mol. The molecule has 130 valence electrons. The van der Waals surface area contributed by atoms with Gasteiger partial charge in [0.1, 0.15) is 0 Å². The van der Waals surface area contributed by atoms with E-state index in [-0.39, 0.29) is 5.56 Å². The Hall–Kier alpha value is -3.49. The van der Waals surface area contributed by atoms with Gasteiger partial charge in [-0.1, -0.05) is 18.2 Å². The summed E-state index contributed by atoms with van der Waals surface area (Å²) < 4.78 is 1.52. The third-order valence-corrected chi connectivity index (χ3v) is 3.57. The van der Waals surface area contributed by atoms with Crippen molar-refractivity contribution in [1.29, 1.82) is 0 Å². The van der Waals surface area contributed by atoms with E-state index >= 15 is 0 Å². The van der Waals surface area contributed by atoms with Crippen LogP contribution in [0, 0.1) is 13.8 Å². The number of hydrogen-bond donors (Lipinski definition) is 3. The minimum atomic E-state index is -1.76. The van der Waals surface area contributed by atoms with E-state index in [2.05, 4.69) is 5.10 Å². The molecule has 0 unspecified atom stereocenters. The Morgan fingerprint density at radius 3 is 2.12 bits per heavy atom. The van der Waals surface area contributed by atoms with E-state index in [0.717, 1.165) is 5.69 Å². The third kappa shape index (κ3) is 3.55. The van der Waals surface area contributed by atoms with Crippen molar-refractivity contribution in [2.75, 3.05) is 0 Å². The first-order chi connectivity index (χ1) is 11.7. The summed E-state index contributed by atoms with van der Waals surface area (Å²) in [4.78, 5) is 46.8. The number of carbonyl (C=O) groups excluding carboxylic acids is 4. The fourth-order valence-electron chi connectivity index (χ4n) is 2.38. The monoisotopic (exact) mass is 343 g/mol. The van der Waals surface area contributed by atoms with Crippen LogP contribution in [-0.4, -0.2) is 39.3 Å². The molecule has 0 radical (unpaired) electrons. The molecule has 0 aliphatic rings. The van der Waals surface area contributed by atoms with E-state index in [0.29, 0.717) is 11.4 Å². The summed E-state index contributed by atoms with van der Waals surface area (Å²) in [5, 5.41) is 6.21. The number of para-hydroxylation sites is 1. The Morgan fingerprint density at radius 1 is 1.04 bits per heavy atom. The smallest absolute Gasteiger partial charge is 0.293 e. The second-order valence-corrected chi connectivity index (χ2v) is 5.33. The highest BCUT2D eigenvalue weighted by molar-refractivity contribution is 6.44. The first-order valence-corrected chi connectivity index (χ1v) is 7.29. The SMILES string of the molecule is Cc1nn(-c2ccccc2)c(C)c1C(=O)C(=O)NC(C(N)=O)C(N)=O. The van der Waals surface area contributed by atoms with Crippen molar-refractivity contribution in [1.82, 2.24) is 15.1 Å². The molecule has 0 saturated heterocycles. The number of amides is 3. The number of nitrogens with two attached hydrogens (primary N) is 2. The van der Waals surface area contributed by atoms with E-state index in [1.165, 1.54) is 4.68 Å². The molecule has 9 nitrogen and oxygen atoms in total. The number of nitrogens with one attached hydrogen (secondary N) is 1. The number of aryl methyl sites for hydroxylation is 1. The molecule has 3 amide bonds. The highest BCUT2D eigenvalue weighted by Gasteiger charge is 2.30. The minimum Gasteiger partial charge on any atom is -0.367 e. The lowest BCUT2D eigenvalue weighted by molar-refractivity contribution is -0.132. The molecular formula is C16H17N5O4. The van der Waals surface area contributed by atoms with Gasteiger partial charge in [-0.05, 0) is 26.0 Å². The quantitative estimate of drug-likeness (QED) is 0.354. The van der Waals surface area contributed by atoms with Crippen LogP contribution >= 0.6 is 0 Å². The van der Waals surface area contributed by atoms with Crippen LogP contribution in [0.25, 0.3) is 5.69 Å². The molecule has 0 saturated carbocycles. The highest BCUT2D eigenvalue weighted by atomic mass is 16.2. The number of aromatic nitrogens is 2. The average molecular weight is 343 g/mol. The van der Waals surface area contributed by atoms with Crippen molar-refractivity contribution in [2.24, 2.45) is 11.5 Å². The van der Waals surface area contributed by atoms with Gasteiger partial charge in [0.05, 0.1) is 22.6 Å². The number of nitrogens with zero attached hydrogens (tertiary/aromatic N) is 2. The molecule has 0 atom stereocenters. The standard InChI is InChI=1S/C16H17N5O4/c1-8-11(9(2)21(20-8)10-6-4-3-5-7-10)13(22)16(25)19-12(14(17)23)15(18)24/h3-7,12H,1-2H3,(H2,17,23)(H2,18,24)(H,19,25). The molecule has 0 aliphatic carbocycles. The van der Waals surface area contributed by atoms with Crippen molar-refractivity contribution >= 4 is 23.5 Å². The molecule has 1 aromatic heterocycles. The molecule has 9 heteroatoms. The summed E-state index contributed by atoms with van der Waals surface area (Å²) in [6.07, 6.45) is 0. The number of primary amides is 2. The van der Waals surface area contributed by atoms with Crippen LogP contribution in [0.1, 0.15) is 21.7 Å².